The molecular weight excluding hydrogens is 410 g/mol. The third-order valence-corrected chi connectivity index (χ3v) is 7.50. The van der Waals surface area contributed by atoms with E-state index in [2.05, 4.69) is 47.1 Å². The lowest BCUT2D eigenvalue weighted by molar-refractivity contribution is -0.143. The Morgan fingerprint density at radius 2 is 2.19 bits per heavy atom. The molecule has 0 amide bonds. The number of rotatable bonds is 7. The Kier molecular flexibility index (Phi) is 5.99. The number of fused-ring (bicyclic) bond motifs is 2. The van der Waals surface area contributed by atoms with Gasteiger partial charge in [-0.1, -0.05) is 20.8 Å². The van der Waals surface area contributed by atoms with E-state index in [0.717, 1.165) is 23.9 Å². The first-order chi connectivity index (χ1) is 12.8. The van der Waals surface area contributed by atoms with E-state index >= 15 is 0 Å². The van der Waals surface area contributed by atoms with Crippen molar-refractivity contribution >= 4 is 27.6 Å². The molecule has 3 aliphatic rings. The first-order valence-electron chi connectivity index (χ1n) is 9.93. The molecule has 3 saturated carbocycles. The van der Waals surface area contributed by atoms with Crippen LogP contribution >= 0.6 is 15.9 Å². The molecule has 2 bridgehead atoms. The first-order valence-corrected chi connectivity index (χ1v) is 10.7. The Morgan fingerprint density at radius 3 is 2.81 bits per heavy atom. The summed E-state index contributed by atoms with van der Waals surface area (Å²) in [6, 6.07) is 0.374. The molecule has 0 radical (unpaired) electrons. The van der Waals surface area contributed by atoms with Gasteiger partial charge in [-0.2, -0.15) is 5.10 Å². The lowest BCUT2D eigenvalue weighted by atomic mass is 9.45. The van der Waals surface area contributed by atoms with Gasteiger partial charge in [0, 0.05) is 19.0 Å². The molecule has 3 aliphatic carbocycles. The van der Waals surface area contributed by atoms with Crippen LogP contribution in [0.2, 0.25) is 0 Å². The minimum absolute atomic E-state index is 0.169. The van der Waals surface area contributed by atoms with Gasteiger partial charge >= 0.3 is 5.97 Å². The van der Waals surface area contributed by atoms with Crippen LogP contribution in [0.1, 0.15) is 53.4 Å². The van der Waals surface area contributed by atoms with Gasteiger partial charge in [0.1, 0.15) is 4.47 Å². The summed E-state index contributed by atoms with van der Waals surface area (Å²) in [6.07, 6.45) is 5.00. The number of carbonyl (C=O) groups is 1. The van der Waals surface area contributed by atoms with Gasteiger partial charge < -0.3 is 10.1 Å². The summed E-state index contributed by atoms with van der Waals surface area (Å²) in [5, 5.41) is 7.85. The van der Waals surface area contributed by atoms with Crippen molar-refractivity contribution in [1.82, 2.24) is 9.78 Å². The molecule has 3 fully saturated rings. The molecule has 1 heterocycles. The highest BCUT2D eigenvalue weighted by molar-refractivity contribution is 9.10. The lowest BCUT2D eigenvalue weighted by Crippen LogP contribution is -2.58. The second-order valence-electron chi connectivity index (χ2n) is 8.52. The number of nitrogens with zero attached hydrogens (tertiary/aromatic N) is 2. The van der Waals surface area contributed by atoms with E-state index in [1.165, 1.54) is 11.1 Å². The maximum atomic E-state index is 12.6. The predicted octanol–water partition coefficient (Wildman–Crippen LogP) is 3.83. The molecular formula is C20H30BrN3O3. The molecule has 4 rings (SSSR count). The summed E-state index contributed by atoms with van der Waals surface area (Å²) < 4.78 is 6.82. The molecule has 7 heteroatoms. The molecule has 1 aromatic heterocycles. The van der Waals surface area contributed by atoms with Gasteiger partial charge in [-0.05, 0) is 65.3 Å². The molecule has 1 aromatic rings. The van der Waals surface area contributed by atoms with Crippen LogP contribution in [0.15, 0.2) is 15.5 Å². The maximum Gasteiger partial charge on any atom is 0.305 e. The van der Waals surface area contributed by atoms with Gasteiger partial charge in [-0.25, -0.2) is 4.68 Å². The van der Waals surface area contributed by atoms with Crippen LogP contribution in [0.25, 0.3) is 0 Å². The van der Waals surface area contributed by atoms with Crippen LogP contribution in [-0.4, -0.2) is 28.4 Å². The van der Waals surface area contributed by atoms with E-state index in [9.17, 15) is 9.59 Å². The third kappa shape index (κ3) is 3.93. The van der Waals surface area contributed by atoms with Gasteiger partial charge in [0.2, 0.25) is 0 Å². The molecule has 0 saturated heterocycles. The highest BCUT2D eigenvalue weighted by atomic mass is 79.9. The number of carbonyl (C=O) groups excluding carboxylic acids is 1. The van der Waals surface area contributed by atoms with Crippen LogP contribution in [0.3, 0.4) is 0 Å². The average Bonchev–Trinajstić information content (AvgIpc) is 2.62. The second kappa shape index (κ2) is 7.94. The van der Waals surface area contributed by atoms with Crippen LogP contribution in [-0.2, 0) is 16.1 Å². The van der Waals surface area contributed by atoms with Gasteiger partial charge in [0.15, 0.2) is 0 Å². The molecule has 150 valence electrons. The van der Waals surface area contributed by atoms with Crippen LogP contribution in [0.4, 0.5) is 5.69 Å². The molecule has 4 atom stereocenters. The van der Waals surface area contributed by atoms with Crippen LogP contribution in [0, 0.1) is 23.2 Å². The van der Waals surface area contributed by atoms with E-state index in [1.54, 1.807) is 13.1 Å². The number of hydrogen-bond acceptors (Lipinski definition) is 5. The number of aryl methyl sites for hydroxylation is 1. The molecule has 0 aromatic carbocycles. The van der Waals surface area contributed by atoms with Crippen molar-refractivity contribution in [3.63, 3.8) is 0 Å². The average molecular weight is 440 g/mol. The Bertz CT molecular complexity index is 761. The van der Waals surface area contributed by atoms with Gasteiger partial charge in [-0.15, -0.1) is 0 Å². The van der Waals surface area contributed by atoms with Gasteiger partial charge in [-0.3, -0.25) is 9.59 Å². The highest BCUT2D eigenvalue weighted by Crippen LogP contribution is 2.61. The molecule has 0 unspecified atom stereocenters. The Morgan fingerprint density at radius 1 is 1.44 bits per heavy atom. The summed E-state index contributed by atoms with van der Waals surface area (Å²) in [7, 11) is 0. The van der Waals surface area contributed by atoms with Crippen LogP contribution < -0.4 is 10.9 Å². The fourth-order valence-corrected chi connectivity index (χ4v) is 5.29. The van der Waals surface area contributed by atoms with E-state index in [0.29, 0.717) is 41.4 Å². The largest absolute Gasteiger partial charge is 0.466 e. The predicted molar refractivity (Wildman–Crippen MR) is 109 cm³/mol. The summed E-state index contributed by atoms with van der Waals surface area (Å²) in [4.78, 5) is 24.0. The van der Waals surface area contributed by atoms with Gasteiger partial charge in [0.05, 0.1) is 18.5 Å². The normalized spacial score (nSPS) is 28.3. The smallest absolute Gasteiger partial charge is 0.305 e. The molecule has 6 nitrogen and oxygen atoms in total. The number of aromatic nitrogens is 2. The Labute approximate surface area is 169 Å². The topological polar surface area (TPSA) is 73.2 Å². The summed E-state index contributed by atoms with van der Waals surface area (Å²) >= 11 is 3.44. The summed E-state index contributed by atoms with van der Waals surface area (Å²) in [5.74, 6) is 1.83. The van der Waals surface area contributed by atoms with Crippen molar-refractivity contribution in [2.24, 2.45) is 23.2 Å². The van der Waals surface area contributed by atoms with Crippen molar-refractivity contribution in [3.8, 4) is 0 Å². The number of halogens is 1. The van der Waals surface area contributed by atoms with Crippen molar-refractivity contribution in [2.75, 3.05) is 11.9 Å². The number of ether oxygens (including phenoxy) is 1. The van der Waals surface area contributed by atoms with E-state index in [1.807, 2.05) is 0 Å². The molecule has 0 aliphatic heterocycles. The number of anilines is 1. The zero-order valence-corrected chi connectivity index (χ0v) is 18.2. The minimum atomic E-state index is -0.240. The fraction of sp³-hybridized carbons (Fsp3) is 0.750. The zero-order valence-electron chi connectivity index (χ0n) is 16.6. The highest BCUT2D eigenvalue weighted by Gasteiger charge is 2.56. The van der Waals surface area contributed by atoms with Crippen molar-refractivity contribution < 1.29 is 9.53 Å². The number of esters is 1. The van der Waals surface area contributed by atoms with E-state index in [-0.39, 0.29) is 17.9 Å². The van der Waals surface area contributed by atoms with E-state index in [4.69, 9.17) is 4.74 Å². The zero-order chi connectivity index (χ0) is 19.8. The Balaban J connectivity index is 1.62. The summed E-state index contributed by atoms with van der Waals surface area (Å²) in [6.45, 7) is 9.64. The summed E-state index contributed by atoms with van der Waals surface area (Å²) in [5.41, 5.74) is 1.03. The van der Waals surface area contributed by atoms with Crippen molar-refractivity contribution in [2.45, 2.75) is 66.0 Å². The van der Waals surface area contributed by atoms with Crippen LogP contribution in [0.5, 0.6) is 0 Å². The second-order valence-corrected chi connectivity index (χ2v) is 9.31. The fourth-order valence-electron chi connectivity index (χ4n) is 4.87. The van der Waals surface area contributed by atoms with Gasteiger partial charge in [0.25, 0.3) is 5.56 Å². The standard InChI is InChI=1S/C20H30BrN3O3/c1-5-27-17(25)7-6-8-24-19(26)18(21)16(11-22-24)23-15-10-13-9-14(12(15)2)20(13,3)4/h11-15,23H,5-10H2,1-4H3/t12-,13-,14+,15-/m1/s1. The number of hydrogen-bond donors (Lipinski definition) is 1. The maximum absolute atomic E-state index is 12.6. The number of nitrogens with one attached hydrogen (secondary N) is 1. The van der Waals surface area contributed by atoms with Crippen molar-refractivity contribution in [3.05, 3.63) is 21.0 Å². The monoisotopic (exact) mass is 439 g/mol. The first kappa shape index (κ1) is 20.4. The van der Waals surface area contributed by atoms with E-state index < -0.39 is 0 Å². The third-order valence-electron chi connectivity index (χ3n) is 6.74. The Hall–Kier alpha value is -1.37. The van der Waals surface area contributed by atoms with Crippen molar-refractivity contribution in [1.29, 1.82) is 0 Å². The molecule has 0 spiro atoms. The molecule has 1 N–H and O–H groups in total. The molecule has 27 heavy (non-hydrogen) atoms. The SMILES string of the molecule is CCOC(=O)CCCn1ncc(N[C@@H]2C[C@H]3C[C@@H]([C@H]2C)C3(C)C)c(Br)c1=O. The quantitative estimate of drug-likeness (QED) is 0.653. The lowest BCUT2D eigenvalue weighted by Gasteiger charge is -2.62. The minimum Gasteiger partial charge on any atom is -0.466 e.